The summed E-state index contributed by atoms with van der Waals surface area (Å²) in [5.74, 6) is -0.991. The van der Waals surface area contributed by atoms with Gasteiger partial charge < -0.3 is 10.0 Å². The number of hydrogen-bond acceptors (Lipinski definition) is 3. The summed E-state index contributed by atoms with van der Waals surface area (Å²) in [6, 6.07) is 1.87. The smallest absolute Gasteiger partial charge is 0.329 e. The number of hydrogen-bond donors (Lipinski definition) is 1. The second kappa shape index (κ2) is 5.56. The molecule has 1 fully saturated rings. The molecule has 1 aliphatic rings. The van der Waals surface area contributed by atoms with E-state index < -0.39 is 11.5 Å². The molecule has 1 N–H and O–H groups in total. The van der Waals surface area contributed by atoms with Crippen molar-refractivity contribution < 1.29 is 14.7 Å². The Bertz CT molecular complexity index is 518. The molecule has 1 aliphatic heterocycles. The quantitative estimate of drug-likeness (QED) is 0.928. The third-order valence-electron chi connectivity index (χ3n) is 4.17. The van der Waals surface area contributed by atoms with E-state index in [1.807, 2.05) is 26.8 Å². The Morgan fingerprint density at radius 1 is 1.45 bits per heavy atom. The van der Waals surface area contributed by atoms with E-state index in [0.717, 1.165) is 23.3 Å². The van der Waals surface area contributed by atoms with Crippen molar-refractivity contribution in [3.8, 4) is 0 Å². The van der Waals surface area contributed by atoms with Crippen molar-refractivity contribution in [1.82, 2.24) is 4.90 Å². The molecule has 0 bridgehead atoms. The molecule has 1 amide bonds. The third kappa shape index (κ3) is 2.35. The maximum Gasteiger partial charge on any atom is 0.329 e. The number of carbonyl (C=O) groups excluding carboxylic acids is 1. The monoisotopic (exact) mass is 295 g/mol. The van der Waals surface area contributed by atoms with Crippen molar-refractivity contribution in [2.75, 3.05) is 6.54 Å². The van der Waals surface area contributed by atoms with Gasteiger partial charge in [0.15, 0.2) is 0 Å². The van der Waals surface area contributed by atoms with E-state index >= 15 is 0 Å². The first kappa shape index (κ1) is 15.0. The zero-order valence-corrected chi connectivity index (χ0v) is 13.0. The van der Waals surface area contributed by atoms with Crippen LogP contribution in [0.25, 0.3) is 0 Å². The fourth-order valence-corrected chi connectivity index (χ4v) is 3.97. The van der Waals surface area contributed by atoms with Gasteiger partial charge in [-0.2, -0.15) is 0 Å². The molecule has 2 rings (SSSR count). The maximum absolute atomic E-state index is 12.7. The molecule has 1 aromatic heterocycles. The van der Waals surface area contributed by atoms with Crippen LogP contribution in [0, 0.1) is 13.8 Å². The fraction of sp³-hybridized carbons (Fsp3) is 0.600. The van der Waals surface area contributed by atoms with Crippen molar-refractivity contribution in [1.29, 1.82) is 0 Å². The van der Waals surface area contributed by atoms with Crippen LogP contribution in [0.15, 0.2) is 6.07 Å². The average Bonchev–Trinajstić information content (AvgIpc) is 2.95. The highest BCUT2D eigenvalue weighted by Gasteiger charge is 2.49. The molecule has 110 valence electrons. The van der Waals surface area contributed by atoms with E-state index in [4.69, 9.17) is 0 Å². The van der Waals surface area contributed by atoms with Crippen LogP contribution < -0.4 is 0 Å². The van der Waals surface area contributed by atoms with Gasteiger partial charge in [-0.05, 0) is 44.7 Å². The summed E-state index contributed by atoms with van der Waals surface area (Å²) >= 11 is 1.46. The van der Waals surface area contributed by atoms with Crippen LogP contribution in [-0.2, 0) is 4.79 Å². The van der Waals surface area contributed by atoms with Crippen molar-refractivity contribution in [2.24, 2.45) is 0 Å². The molecular formula is C15H21NO3S. The van der Waals surface area contributed by atoms with Crippen LogP contribution in [0.3, 0.4) is 0 Å². The zero-order valence-electron chi connectivity index (χ0n) is 12.2. The number of aliphatic carboxylic acids is 1. The number of amides is 1. The van der Waals surface area contributed by atoms with Crippen molar-refractivity contribution in [3.05, 3.63) is 21.4 Å². The maximum atomic E-state index is 12.7. The molecule has 0 radical (unpaired) electrons. The third-order valence-corrected chi connectivity index (χ3v) is 5.31. The summed E-state index contributed by atoms with van der Waals surface area (Å²) in [5, 5.41) is 9.63. The lowest BCUT2D eigenvalue weighted by Crippen LogP contribution is -2.52. The first-order valence-corrected chi connectivity index (χ1v) is 7.86. The van der Waals surface area contributed by atoms with E-state index in [1.54, 1.807) is 4.90 Å². The molecule has 1 unspecified atom stereocenters. The van der Waals surface area contributed by atoms with E-state index in [-0.39, 0.29) is 5.91 Å². The lowest BCUT2D eigenvalue weighted by atomic mass is 9.90. The minimum atomic E-state index is -1.00. The minimum Gasteiger partial charge on any atom is -0.479 e. The van der Waals surface area contributed by atoms with Crippen LogP contribution in [0.2, 0.25) is 0 Å². The number of rotatable bonds is 4. The lowest BCUT2D eigenvalue weighted by Gasteiger charge is -2.34. The molecule has 1 aromatic rings. The Morgan fingerprint density at radius 2 is 2.15 bits per heavy atom. The predicted molar refractivity (Wildman–Crippen MR) is 79.3 cm³/mol. The van der Waals surface area contributed by atoms with Gasteiger partial charge >= 0.3 is 5.97 Å². The number of thiophene rings is 1. The molecule has 4 nitrogen and oxygen atoms in total. The van der Waals surface area contributed by atoms with Crippen LogP contribution in [-0.4, -0.2) is 34.0 Å². The summed E-state index contributed by atoms with van der Waals surface area (Å²) < 4.78 is 0. The molecule has 20 heavy (non-hydrogen) atoms. The second-order valence-corrected chi connectivity index (χ2v) is 6.75. The van der Waals surface area contributed by atoms with Gasteiger partial charge in [-0.25, -0.2) is 4.79 Å². The van der Waals surface area contributed by atoms with Crippen LogP contribution in [0.4, 0.5) is 0 Å². The average molecular weight is 295 g/mol. The second-order valence-electron chi connectivity index (χ2n) is 5.50. The molecule has 0 aromatic carbocycles. The number of likely N-dealkylation sites (tertiary alicyclic amines) is 1. The molecule has 5 heteroatoms. The largest absolute Gasteiger partial charge is 0.479 e. The number of nitrogens with zero attached hydrogens (tertiary/aromatic N) is 1. The van der Waals surface area contributed by atoms with Gasteiger partial charge in [0.1, 0.15) is 5.54 Å². The molecular weight excluding hydrogens is 274 g/mol. The number of aryl methyl sites for hydroxylation is 2. The highest BCUT2D eigenvalue weighted by molar-refractivity contribution is 7.14. The molecule has 0 aliphatic carbocycles. The Morgan fingerprint density at radius 3 is 2.65 bits per heavy atom. The summed E-state index contributed by atoms with van der Waals surface area (Å²) in [6.07, 6.45) is 2.61. The number of carbonyl (C=O) groups is 2. The SMILES string of the molecule is CCCC1(C(=O)O)CCCN1C(=O)c1cc(C)c(C)s1. The van der Waals surface area contributed by atoms with Gasteiger partial charge in [0.05, 0.1) is 4.88 Å². The van der Waals surface area contributed by atoms with Gasteiger partial charge in [0.25, 0.3) is 5.91 Å². The summed E-state index contributed by atoms with van der Waals surface area (Å²) in [6.45, 7) is 6.46. The fourth-order valence-electron chi connectivity index (χ4n) is 2.99. The van der Waals surface area contributed by atoms with Crippen molar-refractivity contribution in [3.63, 3.8) is 0 Å². The molecule has 1 saturated heterocycles. The van der Waals surface area contributed by atoms with Gasteiger partial charge in [0.2, 0.25) is 0 Å². The van der Waals surface area contributed by atoms with E-state index in [2.05, 4.69) is 0 Å². The van der Waals surface area contributed by atoms with E-state index in [1.165, 1.54) is 11.3 Å². The normalized spacial score (nSPS) is 22.2. The molecule has 1 atom stereocenters. The Balaban J connectivity index is 2.34. The Labute approximate surface area is 123 Å². The first-order valence-electron chi connectivity index (χ1n) is 7.05. The topological polar surface area (TPSA) is 57.6 Å². The highest BCUT2D eigenvalue weighted by atomic mass is 32.1. The summed E-state index contributed by atoms with van der Waals surface area (Å²) in [7, 11) is 0. The standard InChI is InChI=1S/C15H21NO3S/c1-4-6-15(14(18)19)7-5-8-16(15)13(17)12-9-10(2)11(3)20-12/h9H,4-8H2,1-3H3,(H,18,19). The van der Waals surface area contributed by atoms with Gasteiger partial charge in [-0.3, -0.25) is 4.79 Å². The Hall–Kier alpha value is -1.36. The molecule has 2 heterocycles. The highest BCUT2D eigenvalue weighted by Crippen LogP contribution is 2.36. The minimum absolute atomic E-state index is 0.125. The molecule has 0 saturated carbocycles. The lowest BCUT2D eigenvalue weighted by molar-refractivity contribution is -0.148. The summed E-state index contributed by atoms with van der Waals surface area (Å²) in [4.78, 5) is 27.8. The summed E-state index contributed by atoms with van der Waals surface area (Å²) in [5.41, 5.74) is 0.0893. The van der Waals surface area contributed by atoms with Gasteiger partial charge in [0, 0.05) is 11.4 Å². The van der Waals surface area contributed by atoms with Crippen LogP contribution in [0.5, 0.6) is 0 Å². The van der Waals surface area contributed by atoms with Crippen molar-refractivity contribution >= 4 is 23.2 Å². The zero-order chi connectivity index (χ0) is 14.9. The molecule has 0 spiro atoms. The first-order chi connectivity index (χ1) is 9.42. The van der Waals surface area contributed by atoms with Gasteiger partial charge in [-0.15, -0.1) is 11.3 Å². The van der Waals surface area contributed by atoms with Gasteiger partial charge in [-0.1, -0.05) is 13.3 Å². The number of carboxylic acids is 1. The Kier molecular flexibility index (Phi) is 4.18. The van der Waals surface area contributed by atoms with E-state index in [0.29, 0.717) is 24.3 Å². The van der Waals surface area contributed by atoms with Crippen molar-refractivity contribution in [2.45, 2.75) is 52.0 Å². The van der Waals surface area contributed by atoms with Crippen LogP contribution >= 0.6 is 11.3 Å². The van der Waals surface area contributed by atoms with Crippen LogP contribution in [0.1, 0.15) is 52.7 Å². The number of carboxylic acid groups (broad SMARTS) is 1. The van der Waals surface area contributed by atoms with E-state index in [9.17, 15) is 14.7 Å². The predicted octanol–water partition coefficient (Wildman–Crippen LogP) is 3.22.